The van der Waals surface area contributed by atoms with Gasteiger partial charge < -0.3 is 14.7 Å². The van der Waals surface area contributed by atoms with Gasteiger partial charge in [0.15, 0.2) is 0 Å². The Morgan fingerprint density at radius 1 is 1.19 bits per heavy atom. The first kappa shape index (κ1) is 18.9. The molecule has 5 nitrogen and oxygen atoms in total. The zero-order chi connectivity index (χ0) is 18.5. The molecular weight excluding hydrogens is 348 g/mol. The highest BCUT2D eigenvalue weighted by molar-refractivity contribution is 7.12. The second kappa shape index (κ2) is 8.66. The van der Waals surface area contributed by atoms with Gasteiger partial charge in [0.1, 0.15) is 18.5 Å². The molecule has 2 aromatic rings. The van der Waals surface area contributed by atoms with Gasteiger partial charge in [-0.3, -0.25) is 9.69 Å². The van der Waals surface area contributed by atoms with Gasteiger partial charge in [0.2, 0.25) is 0 Å². The summed E-state index contributed by atoms with van der Waals surface area (Å²) in [6.45, 7) is 7.85. The van der Waals surface area contributed by atoms with Crippen LogP contribution in [-0.2, 0) is 0 Å². The Labute approximate surface area is 158 Å². The van der Waals surface area contributed by atoms with E-state index >= 15 is 0 Å². The average molecular weight is 375 g/mol. The molecular formula is C20H26N2O3S. The van der Waals surface area contributed by atoms with E-state index in [-0.39, 0.29) is 12.5 Å². The summed E-state index contributed by atoms with van der Waals surface area (Å²) in [5.41, 5.74) is 2.31. The second-order valence-electron chi connectivity index (χ2n) is 6.86. The molecule has 26 heavy (non-hydrogen) atoms. The minimum absolute atomic E-state index is 0.110. The molecule has 1 saturated heterocycles. The monoisotopic (exact) mass is 374 g/mol. The number of β-amino-alcohol motifs (C(OH)–C–C–N with tert-alkyl or cyclic N) is 1. The van der Waals surface area contributed by atoms with Crippen molar-refractivity contribution in [1.82, 2.24) is 9.80 Å². The van der Waals surface area contributed by atoms with Crippen molar-refractivity contribution in [3.05, 3.63) is 51.7 Å². The van der Waals surface area contributed by atoms with E-state index in [1.165, 1.54) is 11.3 Å². The first-order chi connectivity index (χ1) is 12.5. The number of hydrogen-bond donors (Lipinski definition) is 1. The van der Waals surface area contributed by atoms with Crippen LogP contribution in [0.25, 0.3) is 0 Å². The number of piperazine rings is 1. The third kappa shape index (κ3) is 5.06. The topological polar surface area (TPSA) is 53.0 Å². The predicted molar refractivity (Wildman–Crippen MR) is 104 cm³/mol. The van der Waals surface area contributed by atoms with Gasteiger partial charge in [-0.2, -0.15) is 0 Å². The minimum Gasteiger partial charge on any atom is -0.491 e. The Hall–Kier alpha value is -1.89. The van der Waals surface area contributed by atoms with Crippen molar-refractivity contribution < 1.29 is 14.6 Å². The first-order valence-corrected chi connectivity index (χ1v) is 9.83. The molecule has 6 heteroatoms. The molecule has 0 bridgehead atoms. The van der Waals surface area contributed by atoms with Crippen LogP contribution in [0.5, 0.6) is 5.75 Å². The fourth-order valence-corrected chi connectivity index (χ4v) is 3.94. The molecule has 1 atom stereocenters. The predicted octanol–water partition coefficient (Wildman–Crippen LogP) is 2.56. The third-order valence-corrected chi connectivity index (χ3v) is 5.36. The number of benzene rings is 1. The van der Waals surface area contributed by atoms with Crippen molar-refractivity contribution in [1.29, 1.82) is 0 Å². The Bertz CT molecular complexity index is 704. The highest BCUT2D eigenvalue weighted by Gasteiger charge is 2.24. The van der Waals surface area contributed by atoms with E-state index in [0.717, 1.165) is 34.8 Å². The van der Waals surface area contributed by atoms with Gasteiger partial charge in [0.25, 0.3) is 5.91 Å². The normalized spacial score (nSPS) is 16.5. The van der Waals surface area contributed by atoms with Crippen LogP contribution in [0.3, 0.4) is 0 Å². The zero-order valence-electron chi connectivity index (χ0n) is 15.4. The molecule has 140 valence electrons. The van der Waals surface area contributed by atoms with Crippen molar-refractivity contribution in [3.63, 3.8) is 0 Å². The van der Waals surface area contributed by atoms with E-state index in [9.17, 15) is 9.90 Å². The Kier molecular flexibility index (Phi) is 6.29. The summed E-state index contributed by atoms with van der Waals surface area (Å²) < 4.78 is 5.74. The van der Waals surface area contributed by atoms with E-state index < -0.39 is 6.10 Å². The molecule has 0 radical (unpaired) electrons. The van der Waals surface area contributed by atoms with Crippen molar-refractivity contribution in [2.45, 2.75) is 20.0 Å². The number of rotatable bonds is 6. The molecule has 0 saturated carbocycles. The number of nitrogens with zero attached hydrogens (tertiary/aromatic N) is 2. The largest absolute Gasteiger partial charge is 0.491 e. The fourth-order valence-electron chi connectivity index (χ4n) is 3.25. The molecule has 1 aromatic carbocycles. The molecule has 1 unspecified atom stereocenters. The second-order valence-corrected chi connectivity index (χ2v) is 7.81. The van der Waals surface area contributed by atoms with Crippen LogP contribution in [0, 0.1) is 13.8 Å². The fraction of sp³-hybridized carbons (Fsp3) is 0.450. The smallest absolute Gasteiger partial charge is 0.264 e. The molecule has 1 N–H and O–H groups in total. The number of carbonyl (C=O) groups is 1. The molecule has 2 heterocycles. The SMILES string of the molecule is Cc1cc(C)cc(OCC(O)CN2CCN(C(=O)c3cccs3)CC2)c1. The Balaban J connectivity index is 1.42. The van der Waals surface area contributed by atoms with Crippen LogP contribution in [0.4, 0.5) is 0 Å². The van der Waals surface area contributed by atoms with Gasteiger partial charge in [-0.15, -0.1) is 11.3 Å². The lowest BCUT2D eigenvalue weighted by Gasteiger charge is -2.35. The number of aliphatic hydroxyl groups is 1. The molecule has 1 amide bonds. The van der Waals surface area contributed by atoms with Crippen molar-refractivity contribution in [3.8, 4) is 5.75 Å². The lowest BCUT2D eigenvalue weighted by Crippen LogP contribution is -2.50. The molecule has 1 aliphatic heterocycles. The number of carbonyl (C=O) groups excluding carboxylic acids is 1. The molecule has 0 aliphatic carbocycles. The number of thiophene rings is 1. The standard InChI is InChI=1S/C20H26N2O3S/c1-15-10-16(2)12-18(11-15)25-14-17(23)13-21-5-7-22(8-6-21)20(24)19-4-3-9-26-19/h3-4,9-12,17,23H,5-8,13-14H2,1-2H3. The molecule has 0 spiro atoms. The van der Waals surface area contributed by atoms with E-state index in [2.05, 4.69) is 11.0 Å². The summed E-state index contributed by atoms with van der Waals surface area (Å²) in [6, 6.07) is 9.83. The van der Waals surface area contributed by atoms with Crippen molar-refractivity contribution in [2.24, 2.45) is 0 Å². The van der Waals surface area contributed by atoms with Crippen LogP contribution in [-0.4, -0.2) is 66.2 Å². The maximum atomic E-state index is 12.4. The number of amides is 1. The van der Waals surface area contributed by atoms with Gasteiger partial charge in [-0.05, 0) is 48.6 Å². The summed E-state index contributed by atoms with van der Waals surface area (Å²) in [5, 5.41) is 12.2. The van der Waals surface area contributed by atoms with Gasteiger partial charge in [-0.1, -0.05) is 12.1 Å². The Morgan fingerprint density at radius 2 is 1.88 bits per heavy atom. The summed E-state index contributed by atoms with van der Waals surface area (Å²) >= 11 is 1.48. The van der Waals surface area contributed by atoms with Crippen LogP contribution in [0.15, 0.2) is 35.7 Å². The van der Waals surface area contributed by atoms with Crippen LogP contribution in [0.2, 0.25) is 0 Å². The summed E-state index contributed by atoms with van der Waals surface area (Å²) in [4.78, 5) is 17.2. The number of hydrogen-bond acceptors (Lipinski definition) is 5. The molecule has 1 aromatic heterocycles. The highest BCUT2D eigenvalue weighted by Crippen LogP contribution is 2.17. The van der Waals surface area contributed by atoms with Gasteiger partial charge in [0, 0.05) is 32.7 Å². The third-order valence-electron chi connectivity index (χ3n) is 4.50. The van der Waals surface area contributed by atoms with Crippen LogP contribution < -0.4 is 4.74 Å². The van der Waals surface area contributed by atoms with E-state index in [4.69, 9.17) is 4.74 Å². The lowest BCUT2D eigenvalue weighted by molar-refractivity contribution is 0.0405. The molecule has 1 fully saturated rings. The lowest BCUT2D eigenvalue weighted by atomic mass is 10.1. The number of aliphatic hydroxyl groups excluding tert-OH is 1. The summed E-state index contributed by atoms with van der Waals surface area (Å²) in [7, 11) is 0. The maximum Gasteiger partial charge on any atom is 0.264 e. The van der Waals surface area contributed by atoms with Gasteiger partial charge in [0.05, 0.1) is 4.88 Å². The minimum atomic E-state index is -0.546. The average Bonchev–Trinajstić information content (AvgIpc) is 3.14. The number of ether oxygens (including phenoxy) is 1. The zero-order valence-corrected chi connectivity index (χ0v) is 16.2. The Morgan fingerprint density at radius 3 is 2.50 bits per heavy atom. The quantitative estimate of drug-likeness (QED) is 0.844. The van der Waals surface area contributed by atoms with Crippen molar-refractivity contribution in [2.75, 3.05) is 39.3 Å². The maximum absolute atomic E-state index is 12.4. The molecule has 1 aliphatic rings. The van der Waals surface area contributed by atoms with E-state index in [0.29, 0.717) is 19.6 Å². The van der Waals surface area contributed by atoms with E-state index in [1.807, 2.05) is 48.4 Å². The van der Waals surface area contributed by atoms with Gasteiger partial charge >= 0.3 is 0 Å². The summed E-state index contributed by atoms with van der Waals surface area (Å²) in [5.74, 6) is 0.909. The number of aryl methyl sites for hydroxylation is 2. The van der Waals surface area contributed by atoms with Gasteiger partial charge in [-0.25, -0.2) is 0 Å². The van der Waals surface area contributed by atoms with E-state index in [1.54, 1.807) is 0 Å². The first-order valence-electron chi connectivity index (χ1n) is 8.95. The summed E-state index contributed by atoms with van der Waals surface area (Å²) in [6.07, 6.45) is -0.546. The van der Waals surface area contributed by atoms with Crippen molar-refractivity contribution >= 4 is 17.2 Å². The highest BCUT2D eigenvalue weighted by atomic mass is 32.1. The van der Waals surface area contributed by atoms with Crippen LogP contribution in [0.1, 0.15) is 20.8 Å². The molecule has 3 rings (SSSR count). The van der Waals surface area contributed by atoms with Crippen LogP contribution >= 0.6 is 11.3 Å².